The van der Waals surface area contributed by atoms with Crippen LogP contribution in [-0.4, -0.2) is 19.5 Å². The summed E-state index contributed by atoms with van der Waals surface area (Å²) in [6.45, 7) is 0. The van der Waals surface area contributed by atoms with E-state index in [0.717, 1.165) is 44.6 Å². The maximum absolute atomic E-state index is 5.38. The predicted octanol–water partition coefficient (Wildman–Crippen LogP) is 14.8. The zero-order chi connectivity index (χ0) is 40.3. The van der Waals surface area contributed by atoms with E-state index >= 15 is 0 Å². The highest BCUT2D eigenvalue weighted by molar-refractivity contribution is 6.21. The van der Waals surface area contributed by atoms with Crippen LogP contribution in [0, 0.1) is 0 Å². The molecule has 4 heteroatoms. The third kappa shape index (κ3) is 5.80. The van der Waals surface area contributed by atoms with Gasteiger partial charge in [-0.2, -0.15) is 0 Å². The average Bonchev–Trinajstić information content (AvgIpc) is 3.68. The molecule has 0 spiro atoms. The molecule has 12 rings (SSSR count). The minimum absolute atomic E-state index is 0.611. The highest BCUT2D eigenvalue weighted by Crippen LogP contribution is 2.43. The van der Waals surface area contributed by atoms with Crippen LogP contribution in [0.25, 0.3) is 116 Å². The van der Waals surface area contributed by atoms with E-state index in [-0.39, 0.29) is 0 Å². The maximum atomic E-state index is 5.38. The first-order valence-corrected chi connectivity index (χ1v) is 20.7. The van der Waals surface area contributed by atoms with Gasteiger partial charge in [-0.05, 0) is 97.0 Å². The zero-order valence-electron chi connectivity index (χ0n) is 33.1. The molecule has 0 aliphatic carbocycles. The molecular formula is C57H36N4. The van der Waals surface area contributed by atoms with E-state index in [0.29, 0.717) is 17.5 Å². The Labute approximate surface area is 352 Å². The van der Waals surface area contributed by atoms with Crippen molar-refractivity contribution in [1.29, 1.82) is 0 Å². The maximum Gasteiger partial charge on any atom is 0.164 e. The van der Waals surface area contributed by atoms with Gasteiger partial charge in [-0.15, -0.1) is 0 Å². The molecule has 0 unspecified atom stereocenters. The molecule has 0 saturated heterocycles. The smallest absolute Gasteiger partial charge is 0.164 e. The van der Waals surface area contributed by atoms with Gasteiger partial charge in [0.2, 0.25) is 0 Å². The van der Waals surface area contributed by atoms with Gasteiger partial charge in [0.15, 0.2) is 17.5 Å². The van der Waals surface area contributed by atoms with Crippen LogP contribution >= 0.6 is 0 Å². The van der Waals surface area contributed by atoms with Crippen molar-refractivity contribution in [2.75, 3.05) is 0 Å². The Balaban J connectivity index is 1.09. The molecule has 61 heavy (non-hydrogen) atoms. The van der Waals surface area contributed by atoms with Crippen LogP contribution in [0.1, 0.15) is 0 Å². The van der Waals surface area contributed by atoms with Gasteiger partial charge in [-0.25, -0.2) is 15.0 Å². The summed E-state index contributed by atoms with van der Waals surface area (Å²) in [6, 6.07) is 77.5. The molecule has 0 saturated carbocycles. The van der Waals surface area contributed by atoms with Gasteiger partial charge >= 0.3 is 0 Å². The molecular weight excluding hydrogens is 741 g/mol. The van der Waals surface area contributed by atoms with Crippen molar-refractivity contribution in [2.45, 2.75) is 0 Å². The fourth-order valence-corrected chi connectivity index (χ4v) is 9.26. The van der Waals surface area contributed by atoms with E-state index < -0.39 is 0 Å². The van der Waals surface area contributed by atoms with Gasteiger partial charge in [-0.1, -0.05) is 176 Å². The number of fused-ring (bicyclic) bond motifs is 7. The van der Waals surface area contributed by atoms with E-state index in [1.807, 2.05) is 6.07 Å². The van der Waals surface area contributed by atoms with Gasteiger partial charge in [0.25, 0.3) is 0 Å². The lowest BCUT2D eigenvalue weighted by Gasteiger charge is -2.17. The minimum atomic E-state index is 0.611. The molecule has 0 fully saturated rings. The summed E-state index contributed by atoms with van der Waals surface area (Å²) in [5, 5.41) is 9.70. The van der Waals surface area contributed by atoms with E-state index in [4.69, 9.17) is 15.0 Å². The molecule has 0 aliphatic rings. The lowest BCUT2D eigenvalue weighted by molar-refractivity contribution is 1.07. The molecule has 2 aromatic heterocycles. The fraction of sp³-hybridized carbons (Fsp3) is 0. The van der Waals surface area contributed by atoms with Crippen molar-refractivity contribution in [2.24, 2.45) is 0 Å². The molecule has 2 heterocycles. The molecule has 0 radical (unpaired) electrons. The van der Waals surface area contributed by atoms with Crippen molar-refractivity contribution >= 4 is 54.1 Å². The van der Waals surface area contributed by atoms with Crippen molar-refractivity contribution < 1.29 is 0 Å². The molecule has 0 aliphatic heterocycles. The molecule has 0 N–H and O–H groups in total. The first-order chi connectivity index (χ1) is 30.3. The SMILES string of the molecule is c1ccc(-c2ccccc2-c2nc(-c3ccc(-n4c5ccccc5c5ccccc54)cc3)nc(-c3ccccc3-c3c4ccccc4cc4c3ccc3ccccc34)n2)cc1. The molecule has 10 aromatic carbocycles. The molecule has 4 nitrogen and oxygen atoms in total. The number of para-hydroxylation sites is 2. The van der Waals surface area contributed by atoms with Crippen LogP contribution in [0.15, 0.2) is 218 Å². The minimum Gasteiger partial charge on any atom is -0.309 e. The van der Waals surface area contributed by atoms with Gasteiger partial charge < -0.3 is 4.57 Å². The molecule has 0 bridgehead atoms. The average molecular weight is 777 g/mol. The topological polar surface area (TPSA) is 43.6 Å². The number of benzene rings is 10. The van der Waals surface area contributed by atoms with Crippen molar-refractivity contribution in [3.05, 3.63) is 218 Å². The lowest BCUT2D eigenvalue weighted by Crippen LogP contribution is -2.02. The molecule has 0 amide bonds. The van der Waals surface area contributed by atoms with Crippen LogP contribution in [0.3, 0.4) is 0 Å². The quantitative estimate of drug-likeness (QED) is 0.125. The number of hydrogen-bond donors (Lipinski definition) is 0. The summed E-state index contributed by atoms with van der Waals surface area (Å²) in [5.74, 6) is 1.85. The number of nitrogens with zero attached hydrogens (tertiary/aromatic N) is 4. The summed E-state index contributed by atoms with van der Waals surface area (Å²) in [6.07, 6.45) is 0. The van der Waals surface area contributed by atoms with Gasteiger partial charge in [-0.3, -0.25) is 0 Å². The van der Waals surface area contributed by atoms with E-state index in [1.54, 1.807) is 0 Å². The highest BCUT2D eigenvalue weighted by Gasteiger charge is 2.21. The number of aromatic nitrogens is 4. The second kappa shape index (κ2) is 14.3. The summed E-state index contributed by atoms with van der Waals surface area (Å²) in [5.41, 5.74) is 10.6. The van der Waals surface area contributed by atoms with E-state index in [9.17, 15) is 0 Å². The van der Waals surface area contributed by atoms with Crippen LogP contribution in [-0.2, 0) is 0 Å². The second-order valence-corrected chi connectivity index (χ2v) is 15.5. The van der Waals surface area contributed by atoms with Crippen molar-refractivity contribution in [1.82, 2.24) is 19.5 Å². The first-order valence-electron chi connectivity index (χ1n) is 20.7. The third-order valence-electron chi connectivity index (χ3n) is 12.1. The predicted molar refractivity (Wildman–Crippen MR) is 254 cm³/mol. The second-order valence-electron chi connectivity index (χ2n) is 15.5. The van der Waals surface area contributed by atoms with Gasteiger partial charge in [0, 0.05) is 33.2 Å². The summed E-state index contributed by atoms with van der Waals surface area (Å²) in [4.78, 5) is 16.0. The fourth-order valence-electron chi connectivity index (χ4n) is 9.26. The third-order valence-corrected chi connectivity index (χ3v) is 12.1. The Morgan fingerprint density at radius 2 is 0.787 bits per heavy atom. The molecule has 12 aromatic rings. The van der Waals surface area contributed by atoms with Crippen molar-refractivity contribution in [3.8, 4) is 62.1 Å². The first kappa shape index (κ1) is 34.8. The summed E-state index contributed by atoms with van der Waals surface area (Å²) >= 11 is 0. The highest BCUT2D eigenvalue weighted by atomic mass is 15.0. The number of rotatable bonds is 6. The Kier molecular flexibility index (Phi) is 8.13. The van der Waals surface area contributed by atoms with Crippen LogP contribution < -0.4 is 0 Å². The molecule has 0 atom stereocenters. The van der Waals surface area contributed by atoms with Crippen LogP contribution in [0.4, 0.5) is 0 Å². The van der Waals surface area contributed by atoms with Crippen LogP contribution in [0.2, 0.25) is 0 Å². The van der Waals surface area contributed by atoms with Crippen LogP contribution in [0.5, 0.6) is 0 Å². The Hall–Kier alpha value is -8.21. The number of hydrogen-bond acceptors (Lipinski definition) is 3. The normalized spacial score (nSPS) is 11.6. The lowest BCUT2D eigenvalue weighted by atomic mass is 9.88. The summed E-state index contributed by atoms with van der Waals surface area (Å²) in [7, 11) is 0. The van der Waals surface area contributed by atoms with Crippen molar-refractivity contribution in [3.63, 3.8) is 0 Å². The van der Waals surface area contributed by atoms with E-state index in [2.05, 4.69) is 217 Å². The Bertz CT molecular complexity index is 3590. The Morgan fingerprint density at radius 3 is 1.48 bits per heavy atom. The standard InChI is InChI=1S/C57H36N4/c1-2-16-37(17-3-1)42-20-8-10-26-49(42)56-58-55(39-30-33-41(34-31-39)61-52-28-14-12-23-45(52)46-24-13-15-29-53(46)61)59-57(60-56)50-27-11-9-25-47(50)54-44-22-7-5-19-40(44)36-51-43-21-6-4-18-38(43)32-35-48(51)54/h1-36H. The van der Waals surface area contributed by atoms with E-state index in [1.165, 1.54) is 54.1 Å². The van der Waals surface area contributed by atoms with Gasteiger partial charge in [0.05, 0.1) is 11.0 Å². The largest absolute Gasteiger partial charge is 0.309 e. The summed E-state index contributed by atoms with van der Waals surface area (Å²) < 4.78 is 2.34. The zero-order valence-corrected chi connectivity index (χ0v) is 33.1. The Morgan fingerprint density at radius 1 is 0.279 bits per heavy atom. The monoisotopic (exact) mass is 776 g/mol. The van der Waals surface area contributed by atoms with Gasteiger partial charge in [0.1, 0.15) is 0 Å². The molecule has 284 valence electrons.